The first-order chi connectivity index (χ1) is 4.76. The van der Waals surface area contributed by atoms with Crippen LogP contribution in [0, 0.1) is 0 Å². The normalized spacial score (nSPS) is 11.4. The molecule has 0 aromatic heterocycles. The lowest BCUT2D eigenvalue weighted by Crippen LogP contribution is -2.37. The molecule has 0 fully saturated rings. The van der Waals surface area contributed by atoms with Crippen LogP contribution in [0.2, 0.25) is 0 Å². The highest BCUT2D eigenvalue weighted by Crippen LogP contribution is 1.95. The summed E-state index contributed by atoms with van der Waals surface area (Å²) in [5, 5.41) is 3.20. The maximum atomic E-state index is 10.6. The van der Waals surface area contributed by atoms with Crippen molar-refractivity contribution in [2.45, 2.75) is 19.4 Å². The molecule has 0 saturated heterocycles. The van der Waals surface area contributed by atoms with E-state index in [9.17, 15) is 4.79 Å². The first-order valence-corrected chi connectivity index (χ1v) is 2.81. The number of azide groups is 1. The third-order valence-corrected chi connectivity index (χ3v) is 1.02. The standard InChI is InChI=1S/C4H9N5O/c1-2-3(8-9-6)4(10)7-5/h3H,2,5H2,1H3,(H,7,10). The molecule has 0 aromatic carbocycles. The highest BCUT2D eigenvalue weighted by atomic mass is 16.2. The Kier molecular flexibility index (Phi) is 4.02. The fourth-order valence-electron chi connectivity index (χ4n) is 0.478. The molecule has 6 heteroatoms. The van der Waals surface area contributed by atoms with Gasteiger partial charge in [0.15, 0.2) is 0 Å². The largest absolute Gasteiger partial charge is 0.294 e. The van der Waals surface area contributed by atoms with E-state index in [2.05, 4.69) is 10.0 Å². The van der Waals surface area contributed by atoms with Crippen molar-refractivity contribution in [3.05, 3.63) is 10.4 Å². The molecule has 6 nitrogen and oxygen atoms in total. The number of hydrogen-bond donors (Lipinski definition) is 2. The minimum absolute atomic E-state index is 0.451. The van der Waals surface area contributed by atoms with Gasteiger partial charge in [-0.2, -0.15) is 0 Å². The number of amides is 1. The van der Waals surface area contributed by atoms with Crippen LogP contribution >= 0.6 is 0 Å². The average molecular weight is 143 g/mol. The van der Waals surface area contributed by atoms with E-state index in [4.69, 9.17) is 11.4 Å². The highest BCUT2D eigenvalue weighted by molar-refractivity contribution is 5.81. The number of hydrogen-bond acceptors (Lipinski definition) is 3. The summed E-state index contributed by atoms with van der Waals surface area (Å²) in [7, 11) is 0. The Balaban J connectivity index is 4.05. The zero-order valence-corrected chi connectivity index (χ0v) is 5.61. The molecule has 1 atom stereocenters. The number of nitrogens with two attached hydrogens (primary N) is 1. The molecule has 0 radical (unpaired) electrons. The second-order valence-corrected chi connectivity index (χ2v) is 1.64. The lowest BCUT2D eigenvalue weighted by molar-refractivity contribution is -0.122. The Hall–Kier alpha value is -1.26. The van der Waals surface area contributed by atoms with Gasteiger partial charge < -0.3 is 0 Å². The minimum Gasteiger partial charge on any atom is -0.294 e. The first kappa shape index (κ1) is 8.74. The van der Waals surface area contributed by atoms with Crippen LogP contribution in [0.15, 0.2) is 5.11 Å². The van der Waals surface area contributed by atoms with Crippen LogP contribution in [0.5, 0.6) is 0 Å². The van der Waals surface area contributed by atoms with Gasteiger partial charge in [-0.15, -0.1) is 0 Å². The maximum absolute atomic E-state index is 10.6. The summed E-state index contributed by atoms with van der Waals surface area (Å²) < 4.78 is 0. The van der Waals surface area contributed by atoms with E-state index < -0.39 is 11.9 Å². The predicted octanol–water partition coefficient (Wildman–Crippen LogP) is 0.0652. The van der Waals surface area contributed by atoms with Gasteiger partial charge in [0.25, 0.3) is 0 Å². The van der Waals surface area contributed by atoms with Crippen molar-refractivity contribution >= 4 is 5.91 Å². The quantitative estimate of drug-likeness (QED) is 0.146. The Morgan fingerprint density at radius 1 is 2.00 bits per heavy atom. The molecular formula is C4H9N5O. The van der Waals surface area contributed by atoms with E-state index in [1.54, 1.807) is 6.92 Å². The van der Waals surface area contributed by atoms with Crippen LogP contribution in [-0.4, -0.2) is 11.9 Å². The van der Waals surface area contributed by atoms with Crippen molar-refractivity contribution in [1.29, 1.82) is 0 Å². The molecule has 0 spiro atoms. The molecule has 1 amide bonds. The van der Waals surface area contributed by atoms with Crippen LogP contribution in [0.4, 0.5) is 0 Å². The van der Waals surface area contributed by atoms with Crippen molar-refractivity contribution in [1.82, 2.24) is 5.43 Å². The molecule has 0 heterocycles. The van der Waals surface area contributed by atoms with E-state index in [-0.39, 0.29) is 0 Å². The molecule has 0 aliphatic heterocycles. The lowest BCUT2D eigenvalue weighted by atomic mass is 10.2. The SMILES string of the molecule is CCC(N=[N+]=[N-])C(=O)NN. The van der Waals surface area contributed by atoms with E-state index in [0.29, 0.717) is 6.42 Å². The van der Waals surface area contributed by atoms with Gasteiger partial charge in [0.05, 0.1) is 0 Å². The van der Waals surface area contributed by atoms with Crippen molar-refractivity contribution in [2.24, 2.45) is 11.0 Å². The summed E-state index contributed by atoms with van der Waals surface area (Å²) in [5.74, 6) is 4.34. The number of nitrogens with zero attached hydrogens (tertiary/aromatic N) is 3. The number of carbonyl (C=O) groups excluding carboxylic acids is 1. The van der Waals surface area contributed by atoms with Gasteiger partial charge >= 0.3 is 0 Å². The summed E-state index contributed by atoms with van der Waals surface area (Å²) in [4.78, 5) is 13.1. The Morgan fingerprint density at radius 2 is 2.60 bits per heavy atom. The minimum atomic E-state index is -0.685. The Morgan fingerprint density at radius 3 is 2.90 bits per heavy atom. The number of nitrogens with one attached hydrogen (secondary N) is 1. The van der Waals surface area contributed by atoms with Gasteiger partial charge in [-0.25, -0.2) is 5.84 Å². The van der Waals surface area contributed by atoms with Gasteiger partial charge in [0.2, 0.25) is 5.91 Å². The van der Waals surface area contributed by atoms with E-state index >= 15 is 0 Å². The molecule has 0 aliphatic rings. The van der Waals surface area contributed by atoms with Crippen molar-refractivity contribution in [3.63, 3.8) is 0 Å². The van der Waals surface area contributed by atoms with Crippen LogP contribution in [0.1, 0.15) is 13.3 Å². The zero-order chi connectivity index (χ0) is 7.98. The van der Waals surface area contributed by atoms with Crippen LogP contribution in [0.3, 0.4) is 0 Å². The van der Waals surface area contributed by atoms with E-state index in [1.165, 1.54) is 0 Å². The Labute approximate surface area is 58.0 Å². The second kappa shape index (κ2) is 4.60. The molecule has 0 rings (SSSR count). The highest BCUT2D eigenvalue weighted by Gasteiger charge is 2.11. The van der Waals surface area contributed by atoms with Crippen molar-refractivity contribution in [3.8, 4) is 0 Å². The van der Waals surface area contributed by atoms with E-state index in [1.807, 2.05) is 5.43 Å². The molecule has 0 saturated carbocycles. The smallest absolute Gasteiger partial charge is 0.242 e. The fraction of sp³-hybridized carbons (Fsp3) is 0.750. The predicted molar refractivity (Wildman–Crippen MR) is 35.6 cm³/mol. The summed E-state index contributed by atoms with van der Waals surface area (Å²) >= 11 is 0. The molecule has 0 aliphatic carbocycles. The average Bonchev–Trinajstić information content (AvgIpc) is 1.99. The third-order valence-electron chi connectivity index (χ3n) is 1.02. The summed E-state index contributed by atoms with van der Waals surface area (Å²) in [6, 6.07) is -0.685. The van der Waals surface area contributed by atoms with Crippen molar-refractivity contribution < 1.29 is 4.79 Å². The molecule has 56 valence electrons. The summed E-state index contributed by atoms with van der Waals surface area (Å²) in [6.07, 6.45) is 0.451. The topological polar surface area (TPSA) is 104 Å². The monoisotopic (exact) mass is 143 g/mol. The van der Waals surface area contributed by atoms with Crippen molar-refractivity contribution in [2.75, 3.05) is 0 Å². The molecule has 1 unspecified atom stereocenters. The summed E-state index contributed by atoms with van der Waals surface area (Å²) in [5.41, 5.74) is 9.85. The number of carbonyl (C=O) groups is 1. The van der Waals surface area contributed by atoms with Crippen LogP contribution in [0.25, 0.3) is 10.4 Å². The number of rotatable bonds is 3. The van der Waals surface area contributed by atoms with Gasteiger partial charge in [-0.3, -0.25) is 10.2 Å². The maximum Gasteiger partial charge on any atom is 0.242 e. The zero-order valence-electron chi connectivity index (χ0n) is 5.61. The summed E-state index contributed by atoms with van der Waals surface area (Å²) in [6.45, 7) is 1.73. The lowest BCUT2D eigenvalue weighted by Gasteiger charge is -2.03. The molecule has 0 bridgehead atoms. The van der Waals surface area contributed by atoms with Crippen LogP contribution < -0.4 is 11.3 Å². The second-order valence-electron chi connectivity index (χ2n) is 1.64. The van der Waals surface area contributed by atoms with Gasteiger partial charge in [-0.05, 0) is 12.0 Å². The fourth-order valence-corrected chi connectivity index (χ4v) is 0.478. The first-order valence-electron chi connectivity index (χ1n) is 2.81. The van der Waals surface area contributed by atoms with E-state index in [0.717, 1.165) is 0 Å². The molecule has 0 aromatic rings. The molecule has 10 heavy (non-hydrogen) atoms. The molecular weight excluding hydrogens is 134 g/mol. The Bertz CT molecular complexity index is 161. The van der Waals surface area contributed by atoms with Gasteiger partial charge in [0.1, 0.15) is 6.04 Å². The number of hydrazine groups is 1. The molecule has 3 N–H and O–H groups in total. The van der Waals surface area contributed by atoms with Gasteiger partial charge in [-0.1, -0.05) is 12.0 Å². The third kappa shape index (κ3) is 2.34. The van der Waals surface area contributed by atoms with Crippen LogP contribution in [-0.2, 0) is 4.79 Å². The van der Waals surface area contributed by atoms with Gasteiger partial charge in [0, 0.05) is 4.91 Å².